The van der Waals surface area contributed by atoms with Crippen molar-refractivity contribution in [3.8, 4) is 5.75 Å². The molecule has 0 spiro atoms. The summed E-state index contributed by atoms with van der Waals surface area (Å²) in [6, 6.07) is 4.86. The lowest BCUT2D eigenvalue weighted by Crippen LogP contribution is -2.41. The number of guanidine groups is 1. The maximum atomic E-state index is 13.9. The molecule has 1 fully saturated rings. The van der Waals surface area contributed by atoms with Gasteiger partial charge in [-0.25, -0.2) is 9.38 Å². The molecule has 7 nitrogen and oxygen atoms in total. The van der Waals surface area contributed by atoms with E-state index in [1.54, 1.807) is 20.2 Å². The van der Waals surface area contributed by atoms with E-state index < -0.39 is 5.82 Å². The summed E-state index contributed by atoms with van der Waals surface area (Å²) in [5, 5.41) is 3.32. The Morgan fingerprint density at radius 2 is 2.19 bits per heavy atom. The molecule has 1 amide bonds. The summed E-state index contributed by atoms with van der Waals surface area (Å²) in [6.45, 7) is 2.72. The van der Waals surface area contributed by atoms with E-state index in [0.717, 1.165) is 31.7 Å². The predicted octanol–water partition coefficient (Wildman–Crippen LogP) is 1.34. The van der Waals surface area contributed by atoms with Crippen molar-refractivity contribution in [2.24, 2.45) is 10.9 Å². The molecule has 1 heterocycles. The van der Waals surface area contributed by atoms with E-state index in [1.165, 1.54) is 18.1 Å². The van der Waals surface area contributed by atoms with Gasteiger partial charge in [0.05, 0.1) is 13.7 Å². The van der Waals surface area contributed by atoms with Crippen LogP contribution in [0.4, 0.5) is 4.39 Å². The third kappa shape index (κ3) is 6.39. The van der Waals surface area contributed by atoms with E-state index in [2.05, 4.69) is 10.3 Å². The summed E-state index contributed by atoms with van der Waals surface area (Å²) in [5.41, 5.74) is 0.786. The van der Waals surface area contributed by atoms with Crippen LogP contribution in [0.3, 0.4) is 0 Å². The van der Waals surface area contributed by atoms with Crippen molar-refractivity contribution in [1.82, 2.24) is 15.1 Å². The van der Waals surface area contributed by atoms with E-state index in [0.29, 0.717) is 18.4 Å². The number of likely N-dealkylation sites (N-methyl/N-ethyl adjacent to an activating group) is 1. The Morgan fingerprint density at radius 1 is 1.41 bits per heavy atom. The van der Waals surface area contributed by atoms with Gasteiger partial charge in [-0.2, -0.15) is 0 Å². The van der Waals surface area contributed by atoms with E-state index in [-0.39, 0.29) is 18.2 Å². The number of carbonyl (C=O) groups is 1. The number of nitrogens with one attached hydrogen (secondary N) is 1. The fourth-order valence-electron chi connectivity index (χ4n) is 2.73. The molecule has 2 rings (SSSR count). The molecule has 0 aliphatic carbocycles. The van der Waals surface area contributed by atoms with Crippen LogP contribution < -0.4 is 10.1 Å². The largest absolute Gasteiger partial charge is 0.494 e. The number of benzene rings is 1. The van der Waals surface area contributed by atoms with Gasteiger partial charge in [-0.05, 0) is 24.1 Å². The number of hydrogen-bond donors (Lipinski definition) is 1. The Kier molecular flexibility index (Phi) is 7.84. The standard InChI is InChI=1S/C19H29FN4O3/c1-23(2)18(25)11-22-19(21-10-15-7-8-27-13-15)24(3)12-14-5-6-17(26-4)16(20)9-14/h5-6,9,15H,7-8,10-13H2,1-4H3,(H,21,22). The minimum atomic E-state index is -0.402. The summed E-state index contributed by atoms with van der Waals surface area (Å²) < 4.78 is 24.3. The fraction of sp³-hybridized carbons (Fsp3) is 0.579. The summed E-state index contributed by atoms with van der Waals surface area (Å²) in [4.78, 5) is 19.7. The monoisotopic (exact) mass is 380 g/mol. The first-order valence-electron chi connectivity index (χ1n) is 9.00. The van der Waals surface area contributed by atoms with Gasteiger partial charge >= 0.3 is 0 Å². The highest BCUT2D eigenvalue weighted by Gasteiger charge is 2.17. The number of methoxy groups -OCH3 is 1. The van der Waals surface area contributed by atoms with E-state index in [1.807, 2.05) is 18.0 Å². The van der Waals surface area contributed by atoms with Crippen LogP contribution in [-0.4, -0.2) is 76.2 Å². The SMILES string of the molecule is COc1ccc(CN(C)C(=NCC(=O)N(C)C)NCC2CCOC2)cc1F. The molecule has 1 atom stereocenters. The molecule has 8 heteroatoms. The topological polar surface area (TPSA) is 66.4 Å². The second-order valence-electron chi connectivity index (χ2n) is 6.86. The summed E-state index contributed by atoms with van der Waals surface area (Å²) in [6.07, 6.45) is 1.00. The van der Waals surface area contributed by atoms with Gasteiger partial charge in [-0.3, -0.25) is 4.79 Å². The molecule has 1 N–H and O–H groups in total. The van der Waals surface area contributed by atoms with Crippen LogP contribution in [0.1, 0.15) is 12.0 Å². The van der Waals surface area contributed by atoms with Crippen molar-refractivity contribution in [1.29, 1.82) is 0 Å². The van der Waals surface area contributed by atoms with Gasteiger partial charge in [0, 0.05) is 46.8 Å². The van der Waals surface area contributed by atoms with Gasteiger partial charge in [-0.1, -0.05) is 6.07 Å². The second kappa shape index (κ2) is 10.1. The Balaban J connectivity index is 2.05. The van der Waals surface area contributed by atoms with Crippen molar-refractivity contribution in [2.45, 2.75) is 13.0 Å². The van der Waals surface area contributed by atoms with Crippen molar-refractivity contribution in [3.63, 3.8) is 0 Å². The molecule has 0 radical (unpaired) electrons. The van der Waals surface area contributed by atoms with Gasteiger partial charge in [0.1, 0.15) is 6.54 Å². The zero-order chi connectivity index (χ0) is 19.8. The number of carbonyl (C=O) groups excluding carboxylic acids is 1. The molecular weight excluding hydrogens is 351 g/mol. The number of hydrogen-bond acceptors (Lipinski definition) is 4. The molecule has 1 aliphatic heterocycles. The minimum Gasteiger partial charge on any atom is -0.494 e. The van der Waals surface area contributed by atoms with Crippen molar-refractivity contribution >= 4 is 11.9 Å². The van der Waals surface area contributed by atoms with E-state index in [9.17, 15) is 9.18 Å². The Bertz CT molecular complexity index is 660. The molecule has 27 heavy (non-hydrogen) atoms. The molecule has 1 aliphatic rings. The summed E-state index contributed by atoms with van der Waals surface area (Å²) in [7, 11) is 6.70. The molecule has 150 valence electrons. The third-order valence-electron chi connectivity index (χ3n) is 4.43. The molecule has 1 unspecified atom stereocenters. The second-order valence-corrected chi connectivity index (χ2v) is 6.86. The van der Waals surface area contributed by atoms with E-state index >= 15 is 0 Å². The van der Waals surface area contributed by atoms with Crippen molar-refractivity contribution in [2.75, 3.05) is 54.6 Å². The number of rotatable bonds is 7. The highest BCUT2D eigenvalue weighted by Crippen LogP contribution is 2.18. The highest BCUT2D eigenvalue weighted by atomic mass is 19.1. The number of amides is 1. The molecular formula is C19H29FN4O3. The molecule has 0 saturated carbocycles. The predicted molar refractivity (Wildman–Crippen MR) is 102 cm³/mol. The zero-order valence-corrected chi connectivity index (χ0v) is 16.5. The Hall–Kier alpha value is -2.35. The normalized spacial score (nSPS) is 16.9. The first kappa shape index (κ1) is 21.0. The van der Waals surface area contributed by atoms with Crippen LogP contribution in [-0.2, 0) is 16.1 Å². The van der Waals surface area contributed by atoms with Gasteiger partial charge in [-0.15, -0.1) is 0 Å². The Morgan fingerprint density at radius 3 is 2.78 bits per heavy atom. The van der Waals surface area contributed by atoms with Crippen LogP contribution >= 0.6 is 0 Å². The zero-order valence-electron chi connectivity index (χ0n) is 16.5. The summed E-state index contributed by atoms with van der Waals surface area (Å²) >= 11 is 0. The Labute approximate surface area is 160 Å². The molecule has 1 saturated heterocycles. The number of ether oxygens (including phenoxy) is 2. The maximum Gasteiger partial charge on any atom is 0.243 e. The van der Waals surface area contributed by atoms with E-state index in [4.69, 9.17) is 9.47 Å². The number of halogens is 1. The highest BCUT2D eigenvalue weighted by molar-refractivity contribution is 5.84. The van der Waals surface area contributed by atoms with Crippen LogP contribution in [0.2, 0.25) is 0 Å². The first-order valence-corrected chi connectivity index (χ1v) is 9.00. The first-order chi connectivity index (χ1) is 12.9. The lowest BCUT2D eigenvalue weighted by molar-refractivity contribution is -0.127. The quantitative estimate of drug-likeness (QED) is 0.571. The molecule has 0 bridgehead atoms. The number of nitrogens with zero attached hydrogens (tertiary/aromatic N) is 3. The molecule has 1 aromatic carbocycles. The van der Waals surface area contributed by atoms with Gasteiger partial charge in [0.15, 0.2) is 17.5 Å². The van der Waals surface area contributed by atoms with Gasteiger partial charge in [0.2, 0.25) is 5.91 Å². The summed E-state index contributed by atoms with van der Waals surface area (Å²) in [5.74, 6) is 0.759. The lowest BCUT2D eigenvalue weighted by atomic mass is 10.1. The van der Waals surface area contributed by atoms with Gasteiger partial charge in [0.25, 0.3) is 0 Å². The van der Waals surface area contributed by atoms with Crippen LogP contribution in [0.25, 0.3) is 0 Å². The lowest BCUT2D eigenvalue weighted by Gasteiger charge is -2.24. The van der Waals surface area contributed by atoms with Crippen LogP contribution in [0.5, 0.6) is 5.75 Å². The average molecular weight is 380 g/mol. The smallest absolute Gasteiger partial charge is 0.243 e. The molecule has 1 aromatic rings. The van der Waals surface area contributed by atoms with Crippen LogP contribution in [0, 0.1) is 11.7 Å². The van der Waals surface area contributed by atoms with Crippen molar-refractivity contribution in [3.05, 3.63) is 29.6 Å². The number of aliphatic imine (C=N–C) groups is 1. The van der Waals surface area contributed by atoms with Gasteiger partial charge < -0.3 is 24.6 Å². The third-order valence-corrected chi connectivity index (χ3v) is 4.43. The fourth-order valence-corrected chi connectivity index (χ4v) is 2.73. The van der Waals surface area contributed by atoms with Crippen molar-refractivity contribution < 1.29 is 18.7 Å². The average Bonchev–Trinajstić information content (AvgIpc) is 3.15. The molecule has 0 aromatic heterocycles. The maximum absolute atomic E-state index is 13.9. The van der Waals surface area contributed by atoms with Crippen LogP contribution in [0.15, 0.2) is 23.2 Å². The minimum absolute atomic E-state index is 0.0534.